The molecule has 1 atom stereocenters. The Hall–Kier alpha value is -2.99. The fourth-order valence-electron chi connectivity index (χ4n) is 4.30. The van der Waals surface area contributed by atoms with Crippen LogP contribution in [0, 0.1) is 20.8 Å². The Balaban J connectivity index is 1.60. The van der Waals surface area contributed by atoms with Crippen LogP contribution in [-0.2, 0) is 12.0 Å². The summed E-state index contributed by atoms with van der Waals surface area (Å²) in [6.45, 7) is 11.6. The van der Waals surface area contributed by atoms with E-state index in [9.17, 15) is 0 Å². The van der Waals surface area contributed by atoms with Gasteiger partial charge in [-0.25, -0.2) is 0 Å². The number of benzene rings is 2. The largest absolute Gasteiger partial charge is 0.358 e. The van der Waals surface area contributed by atoms with Crippen molar-refractivity contribution in [1.29, 1.82) is 0 Å². The molecular formula is C24H30N6. The molecule has 0 aliphatic heterocycles. The topological polar surface area (TPSA) is 71.4 Å². The number of aromatic amines is 1. The summed E-state index contributed by atoms with van der Waals surface area (Å²) in [6, 6.07) is 14.8. The zero-order chi connectivity index (χ0) is 21.3. The fourth-order valence-corrected chi connectivity index (χ4v) is 4.30. The van der Waals surface area contributed by atoms with Gasteiger partial charge in [-0.2, -0.15) is 4.68 Å². The highest BCUT2D eigenvalue weighted by Crippen LogP contribution is 2.27. The summed E-state index contributed by atoms with van der Waals surface area (Å²) in [5, 5.41) is 17.9. The van der Waals surface area contributed by atoms with Crippen LogP contribution in [0.5, 0.6) is 0 Å². The molecule has 0 bridgehead atoms. The molecular weight excluding hydrogens is 372 g/mol. The second-order valence-corrected chi connectivity index (χ2v) is 8.29. The first-order valence-electron chi connectivity index (χ1n) is 10.6. The Kier molecular flexibility index (Phi) is 5.43. The maximum absolute atomic E-state index is 4.43. The van der Waals surface area contributed by atoms with Gasteiger partial charge in [-0.1, -0.05) is 43.3 Å². The highest BCUT2D eigenvalue weighted by molar-refractivity contribution is 5.84. The molecule has 2 aromatic heterocycles. The predicted octanol–water partition coefficient (Wildman–Crippen LogP) is 4.53. The van der Waals surface area contributed by atoms with Gasteiger partial charge in [0, 0.05) is 23.1 Å². The molecule has 30 heavy (non-hydrogen) atoms. The van der Waals surface area contributed by atoms with E-state index in [2.05, 4.69) is 103 Å². The van der Waals surface area contributed by atoms with Gasteiger partial charge in [-0.05, 0) is 73.7 Å². The number of aromatic nitrogens is 5. The van der Waals surface area contributed by atoms with Crippen LogP contribution in [0.3, 0.4) is 0 Å². The Morgan fingerprint density at radius 2 is 1.77 bits per heavy atom. The van der Waals surface area contributed by atoms with E-state index in [4.69, 9.17) is 0 Å². The molecule has 2 N–H and O–H groups in total. The number of fused-ring (bicyclic) bond motifs is 1. The summed E-state index contributed by atoms with van der Waals surface area (Å²) in [7, 11) is 0. The lowest BCUT2D eigenvalue weighted by Gasteiger charge is -2.29. The molecule has 156 valence electrons. The van der Waals surface area contributed by atoms with Gasteiger partial charge in [-0.3, -0.25) is 0 Å². The van der Waals surface area contributed by atoms with Crippen molar-refractivity contribution in [3.63, 3.8) is 0 Å². The van der Waals surface area contributed by atoms with Crippen molar-refractivity contribution in [3.8, 4) is 5.69 Å². The molecule has 0 fully saturated rings. The quantitative estimate of drug-likeness (QED) is 0.477. The monoisotopic (exact) mass is 402 g/mol. The van der Waals surface area contributed by atoms with Crippen molar-refractivity contribution < 1.29 is 0 Å². The molecule has 0 aliphatic carbocycles. The van der Waals surface area contributed by atoms with Crippen molar-refractivity contribution in [3.05, 3.63) is 70.7 Å². The molecule has 4 aromatic rings. The summed E-state index contributed by atoms with van der Waals surface area (Å²) in [5.74, 6) is 0.845. The van der Waals surface area contributed by atoms with E-state index in [1.807, 2.05) is 4.68 Å². The number of aryl methyl sites for hydroxylation is 3. The Morgan fingerprint density at radius 1 is 1.03 bits per heavy atom. The average molecular weight is 403 g/mol. The summed E-state index contributed by atoms with van der Waals surface area (Å²) >= 11 is 0. The SMILES string of the molecule is CC[C@@](C)(NCCc1c(C)[nH]c2ccccc12)c1nnnn1-c1c(C)cccc1C. The van der Waals surface area contributed by atoms with Gasteiger partial charge in [0.05, 0.1) is 11.2 Å². The molecule has 2 aromatic carbocycles. The third kappa shape index (κ3) is 3.52. The van der Waals surface area contributed by atoms with E-state index in [1.165, 1.54) is 22.2 Å². The Bertz CT molecular complexity index is 1150. The van der Waals surface area contributed by atoms with E-state index < -0.39 is 0 Å². The third-order valence-corrected chi connectivity index (χ3v) is 6.24. The molecule has 0 aliphatic rings. The number of nitrogens with one attached hydrogen (secondary N) is 2. The zero-order valence-corrected chi connectivity index (χ0v) is 18.5. The van der Waals surface area contributed by atoms with Crippen LogP contribution in [0.4, 0.5) is 0 Å². The smallest absolute Gasteiger partial charge is 0.176 e. The molecule has 4 rings (SSSR count). The molecule has 0 radical (unpaired) electrons. The molecule has 0 unspecified atom stereocenters. The van der Waals surface area contributed by atoms with Gasteiger partial charge in [0.15, 0.2) is 5.82 Å². The van der Waals surface area contributed by atoms with Crippen LogP contribution in [0.25, 0.3) is 16.6 Å². The van der Waals surface area contributed by atoms with Gasteiger partial charge in [0.25, 0.3) is 0 Å². The van der Waals surface area contributed by atoms with Gasteiger partial charge in [-0.15, -0.1) is 5.10 Å². The Morgan fingerprint density at radius 3 is 2.50 bits per heavy atom. The summed E-state index contributed by atoms with van der Waals surface area (Å²) in [5.41, 5.74) is 6.85. The standard InChI is InChI=1S/C24H30N6/c1-6-24(5,23-27-28-29-30(23)22-16(2)10-9-11-17(22)3)25-15-14-19-18(4)26-21-13-8-7-12-20(19)21/h7-13,25-26H,6,14-15H2,1-5H3/t24-/m1/s1. The summed E-state index contributed by atoms with van der Waals surface area (Å²) in [4.78, 5) is 3.50. The average Bonchev–Trinajstić information content (AvgIpc) is 3.33. The van der Waals surface area contributed by atoms with Crippen LogP contribution in [0.15, 0.2) is 42.5 Å². The lowest BCUT2D eigenvalue weighted by atomic mass is 9.96. The number of rotatable bonds is 7. The number of nitrogens with zero attached hydrogens (tertiary/aromatic N) is 4. The van der Waals surface area contributed by atoms with Gasteiger partial charge >= 0.3 is 0 Å². The number of hydrogen-bond donors (Lipinski definition) is 2. The fraction of sp³-hybridized carbons (Fsp3) is 0.375. The van der Waals surface area contributed by atoms with E-state index >= 15 is 0 Å². The first kappa shape index (κ1) is 20.3. The lowest BCUT2D eigenvalue weighted by molar-refractivity contribution is 0.328. The highest BCUT2D eigenvalue weighted by Gasteiger charge is 2.31. The minimum Gasteiger partial charge on any atom is -0.358 e. The first-order chi connectivity index (χ1) is 14.4. The van der Waals surface area contributed by atoms with E-state index in [0.29, 0.717) is 0 Å². The number of H-pyrrole nitrogens is 1. The molecule has 0 saturated heterocycles. The molecule has 2 heterocycles. The lowest BCUT2D eigenvalue weighted by Crippen LogP contribution is -2.42. The van der Waals surface area contributed by atoms with Crippen molar-refractivity contribution >= 4 is 10.9 Å². The van der Waals surface area contributed by atoms with Gasteiger partial charge in [0.1, 0.15) is 0 Å². The van der Waals surface area contributed by atoms with E-state index in [0.717, 1.165) is 42.0 Å². The van der Waals surface area contributed by atoms with Gasteiger partial charge in [0.2, 0.25) is 0 Å². The summed E-state index contributed by atoms with van der Waals surface area (Å²) in [6.07, 6.45) is 1.82. The zero-order valence-electron chi connectivity index (χ0n) is 18.5. The second kappa shape index (κ2) is 8.03. The van der Waals surface area contributed by atoms with Crippen LogP contribution in [-0.4, -0.2) is 31.7 Å². The number of para-hydroxylation sites is 2. The predicted molar refractivity (Wildman–Crippen MR) is 121 cm³/mol. The van der Waals surface area contributed by atoms with Crippen LogP contribution in [0.2, 0.25) is 0 Å². The van der Waals surface area contributed by atoms with Crippen molar-refractivity contribution in [2.75, 3.05) is 6.54 Å². The maximum atomic E-state index is 4.43. The summed E-state index contributed by atoms with van der Waals surface area (Å²) < 4.78 is 1.90. The molecule has 6 nitrogen and oxygen atoms in total. The maximum Gasteiger partial charge on any atom is 0.176 e. The van der Waals surface area contributed by atoms with Crippen LogP contribution >= 0.6 is 0 Å². The highest BCUT2D eigenvalue weighted by atomic mass is 15.6. The number of tetrazole rings is 1. The molecule has 6 heteroatoms. The number of hydrogen-bond acceptors (Lipinski definition) is 4. The van der Waals surface area contributed by atoms with Crippen molar-refractivity contribution in [2.45, 2.75) is 53.0 Å². The van der Waals surface area contributed by atoms with E-state index in [-0.39, 0.29) is 5.54 Å². The Labute approximate surface area is 177 Å². The third-order valence-electron chi connectivity index (χ3n) is 6.24. The van der Waals surface area contributed by atoms with Crippen LogP contribution < -0.4 is 5.32 Å². The first-order valence-corrected chi connectivity index (χ1v) is 10.6. The van der Waals surface area contributed by atoms with Gasteiger partial charge < -0.3 is 10.3 Å². The molecule has 0 saturated carbocycles. The van der Waals surface area contributed by atoms with Crippen molar-refractivity contribution in [2.24, 2.45) is 0 Å². The second-order valence-electron chi connectivity index (χ2n) is 8.29. The van der Waals surface area contributed by atoms with Crippen LogP contribution in [0.1, 0.15) is 48.5 Å². The minimum absolute atomic E-state index is 0.335. The normalized spacial score (nSPS) is 13.6. The minimum atomic E-state index is -0.335. The molecule has 0 spiro atoms. The van der Waals surface area contributed by atoms with Crippen molar-refractivity contribution in [1.82, 2.24) is 30.5 Å². The van der Waals surface area contributed by atoms with E-state index in [1.54, 1.807) is 0 Å². The molecule has 0 amide bonds.